The van der Waals surface area contributed by atoms with Crippen LogP contribution in [0.1, 0.15) is 39.2 Å². The number of benzene rings is 1. The smallest absolute Gasteiger partial charge is 0.133 e. The quantitative estimate of drug-likeness (QED) is 0.853. The van der Waals surface area contributed by atoms with E-state index in [2.05, 4.69) is 0 Å². The van der Waals surface area contributed by atoms with Gasteiger partial charge in [-0.2, -0.15) is 0 Å². The van der Waals surface area contributed by atoms with Crippen LogP contribution in [0.15, 0.2) is 18.2 Å². The first kappa shape index (κ1) is 14.0. The van der Waals surface area contributed by atoms with Crippen molar-refractivity contribution in [3.63, 3.8) is 0 Å². The van der Waals surface area contributed by atoms with Crippen LogP contribution in [0.4, 0.5) is 4.39 Å². The molecule has 96 valence electrons. The van der Waals surface area contributed by atoms with Crippen LogP contribution < -0.4 is 4.74 Å². The fourth-order valence-electron chi connectivity index (χ4n) is 2.45. The molecule has 0 amide bonds. The zero-order valence-corrected chi connectivity index (χ0v) is 11.0. The van der Waals surface area contributed by atoms with Crippen molar-refractivity contribution in [2.45, 2.75) is 39.2 Å². The maximum atomic E-state index is 13.9. The van der Waals surface area contributed by atoms with Crippen LogP contribution in [-0.4, -0.2) is 12.2 Å². The van der Waals surface area contributed by atoms with Gasteiger partial charge < -0.3 is 9.84 Å². The molecule has 0 aliphatic heterocycles. The van der Waals surface area contributed by atoms with Crippen LogP contribution in [0.5, 0.6) is 5.75 Å². The molecule has 0 spiro atoms. The van der Waals surface area contributed by atoms with Gasteiger partial charge >= 0.3 is 0 Å². The minimum Gasteiger partial charge on any atom is -0.496 e. The Morgan fingerprint density at radius 2 is 1.94 bits per heavy atom. The van der Waals surface area contributed by atoms with E-state index in [1.54, 1.807) is 19.1 Å². The Labute approximate surface area is 102 Å². The molecule has 1 aromatic rings. The molecule has 0 fully saturated rings. The van der Waals surface area contributed by atoms with E-state index in [4.69, 9.17) is 4.74 Å². The van der Waals surface area contributed by atoms with Crippen molar-refractivity contribution in [1.29, 1.82) is 0 Å². The van der Waals surface area contributed by atoms with Gasteiger partial charge in [-0.1, -0.05) is 32.8 Å². The van der Waals surface area contributed by atoms with E-state index in [-0.39, 0.29) is 11.5 Å². The Balaban J connectivity index is 3.30. The fourth-order valence-corrected chi connectivity index (χ4v) is 2.45. The van der Waals surface area contributed by atoms with Gasteiger partial charge in [0.25, 0.3) is 0 Å². The molecule has 17 heavy (non-hydrogen) atoms. The Hall–Kier alpha value is -1.09. The minimum absolute atomic E-state index is 0.00769. The standard InChI is InChI=1S/C14H21FO2/c1-5-10(6-2)14(3,16)13-11(15)8-7-9-12(13)17-4/h7-10,16H,5-6H2,1-4H3. The van der Waals surface area contributed by atoms with E-state index in [1.807, 2.05) is 13.8 Å². The molecule has 0 aromatic heterocycles. The van der Waals surface area contributed by atoms with E-state index in [0.717, 1.165) is 12.8 Å². The van der Waals surface area contributed by atoms with E-state index in [0.29, 0.717) is 5.75 Å². The van der Waals surface area contributed by atoms with Gasteiger partial charge in [-0.15, -0.1) is 0 Å². The van der Waals surface area contributed by atoms with Gasteiger partial charge in [-0.3, -0.25) is 0 Å². The summed E-state index contributed by atoms with van der Waals surface area (Å²) in [5.74, 6) is -0.00329. The number of halogens is 1. The summed E-state index contributed by atoms with van der Waals surface area (Å²) in [7, 11) is 1.49. The van der Waals surface area contributed by atoms with Crippen molar-refractivity contribution in [3.05, 3.63) is 29.6 Å². The molecular formula is C14H21FO2. The third-order valence-corrected chi connectivity index (χ3v) is 3.48. The first-order chi connectivity index (χ1) is 7.98. The molecule has 0 aliphatic rings. The Morgan fingerprint density at radius 3 is 2.41 bits per heavy atom. The van der Waals surface area contributed by atoms with Crippen LogP contribution in [0, 0.1) is 11.7 Å². The normalized spacial score (nSPS) is 14.8. The van der Waals surface area contributed by atoms with Gasteiger partial charge in [-0.25, -0.2) is 4.39 Å². The number of aliphatic hydroxyl groups is 1. The van der Waals surface area contributed by atoms with Crippen molar-refractivity contribution in [2.75, 3.05) is 7.11 Å². The average molecular weight is 240 g/mol. The summed E-state index contributed by atoms with van der Waals surface area (Å²) in [5.41, 5.74) is -0.948. The van der Waals surface area contributed by atoms with E-state index < -0.39 is 11.4 Å². The lowest BCUT2D eigenvalue weighted by Gasteiger charge is -2.33. The molecule has 0 saturated heterocycles. The lowest BCUT2D eigenvalue weighted by atomic mass is 9.79. The summed E-state index contributed by atoms with van der Waals surface area (Å²) >= 11 is 0. The third kappa shape index (κ3) is 2.60. The first-order valence-electron chi connectivity index (χ1n) is 6.04. The van der Waals surface area contributed by atoms with Crippen molar-refractivity contribution in [2.24, 2.45) is 5.92 Å². The number of methoxy groups -OCH3 is 1. The van der Waals surface area contributed by atoms with Gasteiger partial charge in [0.15, 0.2) is 0 Å². The van der Waals surface area contributed by atoms with Crippen LogP contribution in [0.2, 0.25) is 0 Å². The summed E-state index contributed by atoms with van der Waals surface area (Å²) in [4.78, 5) is 0. The lowest BCUT2D eigenvalue weighted by molar-refractivity contribution is -0.0145. The predicted octanol–water partition coefficient (Wildman–Crippen LogP) is 3.48. The molecule has 0 aliphatic carbocycles. The molecule has 2 nitrogen and oxygen atoms in total. The molecule has 0 bridgehead atoms. The highest BCUT2D eigenvalue weighted by molar-refractivity contribution is 5.39. The van der Waals surface area contributed by atoms with Gasteiger partial charge in [-0.05, 0) is 25.0 Å². The van der Waals surface area contributed by atoms with E-state index >= 15 is 0 Å². The second-order valence-electron chi connectivity index (χ2n) is 4.48. The SMILES string of the molecule is CCC(CC)C(C)(O)c1c(F)cccc1OC. The van der Waals surface area contributed by atoms with Crippen molar-refractivity contribution in [3.8, 4) is 5.75 Å². The minimum atomic E-state index is -1.21. The predicted molar refractivity (Wildman–Crippen MR) is 66.6 cm³/mol. The fraction of sp³-hybridized carbons (Fsp3) is 0.571. The molecular weight excluding hydrogens is 219 g/mol. The Kier molecular flexibility index (Phi) is 4.52. The Morgan fingerprint density at radius 1 is 1.35 bits per heavy atom. The summed E-state index contributed by atoms with van der Waals surface area (Å²) in [6.45, 7) is 5.65. The molecule has 1 aromatic carbocycles. The second kappa shape index (κ2) is 5.50. The van der Waals surface area contributed by atoms with E-state index in [9.17, 15) is 9.50 Å². The topological polar surface area (TPSA) is 29.5 Å². The highest BCUT2D eigenvalue weighted by atomic mass is 19.1. The molecule has 1 N–H and O–H groups in total. The van der Waals surface area contributed by atoms with Gasteiger partial charge in [0, 0.05) is 0 Å². The van der Waals surface area contributed by atoms with Crippen molar-refractivity contribution >= 4 is 0 Å². The van der Waals surface area contributed by atoms with Crippen molar-refractivity contribution in [1.82, 2.24) is 0 Å². The zero-order valence-electron chi connectivity index (χ0n) is 11.0. The second-order valence-corrected chi connectivity index (χ2v) is 4.48. The molecule has 1 unspecified atom stereocenters. The maximum Gasteiger partial charge on any atom is 0.133 e. The van der Waals surface area contributed by atoms with Crippen molar-refractivity contribution < 1.29 is 14.2 Å². The number of hydrogen-bond donors (Lipinski definition) is 1. The Bertz CT molecular complexity index is 370. The zero-order chi connectivity index (χ0) is 13.1. The summed E-state index contributed by atoms with van der Waals surface area (Å²) in [5, 5.41) is 10.6. The van der Waals surface area contributed by atoms with E-state index in [1.165, 1.54) is 13.2 Å². The van der Waals surface area contributed by atoms with Crippen LogP contribution in [-0.2, 0) is 5.60 Å². The van der Waals surface area contributed by atoms with Crippen LogP contribution >= 0.6 is 0 Å². The number of ether oxygens (including phenoxy) is 1. The third-order valence-electron chi connectivity index (χ3n) is 3.48. The first-order valence-corrected chi connectivity index (χ1v) is 6.04. The largest absolute Gasteiger partial charge is 0.496 e. The monoisotopic (exact) mass is 240 g/mol. The summed E-state index contributed by atoms with van der Waals surface area (Å²) in [6, 6.07) is 4.62. The lowest BCUT2D eigenvalue weighted by Crippen LogP contribution is -2.32. The molecule has 0 saturated carbocycles. The molecule has 1 rings (SSSR count). The molecule has 3 heteroatoms. The summed E-state index contributed by atoms with van der Waals surface area (Å²) in [6.07, 6.45) is 1.59. The van der Waals surface area contributed by atoms with Gasteiger partial charge in [0.2, 0.25) is 0 Å². The average Bonchev–Trinajstić information content (AvgIpc) is 2.29. The highest BCUT2D eigenvalue weighted by Gasteiger charge is 2.36. The summed E-state index contributed by atoms with van der Waals surface area (Å²) < 4.78 is 19.1. The number of hydrogen-bond acceptors (Lipinski definition) is 2. The van der Waals surface area contributed by atoms with Crippen LogP contribution in [0.25, 0.3) is 0 Å². The number of rotatable bonds is 5. The van der Waals surface area contributed by atoms with Crippen LogP contribution in [0.3, 0.4) is 0 Å². The maximum absolute atomic E-state index is 13.9. The molecule has 0 radical (unpaired) electrons. The highest BCUT2D eigenvalue weighted by Crippen LogP contribution is 2.39. The van der Waals surface area contributed by atoms with Gasteiger partial charge in [0.05, 0.1) is 18.3 Å². The molecule has 1 atom stereocenters. The van der Waals surface area contributed by atoms with Gasteiger partial charge in [0.1, 0.15) is 11.6 Å². The molecule has 0 heterocycles.